The van der Waals surface area contributed by atoms with E-state index in [0.29, 0.717) is 0 Å². The Balaban J connectivity index is 2.14. The van der Waals surface area contributed by atoms with E-state index in [0.717, 1.165) is 52.1 Å². The predicted octanol–water partition coefficient (Wildman–Crippen LogP) is 2.49. The monoisotopic (exact) mass is 408 g/mol. The van der Waals surface area contributed by atoms with Gasteiger partial charge in [0.15, 0.2) is 0 Å². The van der Waals surface area contributed by atoms with E-state index in [1.807, 2.05) is 39.5 Å². The number of hydrogen-bond donors (Lipinski definition) is 2. The summed E-state index contributed by atoms with van der Waals surface area (Å²) in [7, 11) is 0. The van der Waals surface area contributed by atoms with E-state index in [4.69, 9.17) is 0 Å². The summed E-state index contributed by atoms with van der Waals surface area (Å²) >= 11 is 0. The van der Waals surface area contributed by atoms with Crippen LogP contribution in [0.1, 0.15) is 68.2 Å². The van der Waals surface area contributed by atoms with Crippen LogP contribution >= 0.6 is 0 Å². The zero-order chi connectivity index (χ0) is 22.0. The van der Waals surface area contributed by atoms with Gasteiger partial charge in [-0.25, -0.2) is 0 Å². The molecule has 2 N–H and O–H groups in total. The maximum absolute atomic E-state index is 13.5. The average Bonchev–Trinajstić information content (AvgIpc) is 3.04. The smallest absolute Gasteiger partial charge is 0.245 e. The van der Waals surface area contributed by atoms with E-state index in [9.17, 15) is 9.59 Å². The van der Waals surface area contributed by atoms with Gasteiger partial charge in [-0.2, -0.15) is 0 Å². The molecule has 6 heteroatoms. The summed E-state index contributed by atoms with van der Waals surface area (Å²) in [6, 6.07) is -0.258. The maximum Gasteiger partial charge on any atom is 0.245 e. The highest BCUT2D eigenvalue weighted by atomic mass is 16.2. The Hall–Kier alpha value is -1.14. The molecule has 0 bridgehead atoms. The highest BCUT2D eigenvalue weighted by Crippen LogP contribution is 2.40. The number of nitrogens with zero attached hydrogens (tertiary/aromatic N) is 2. The van der Waals surface area contributed by atoms with E-state index in [2.05, 4.69) is 36.3 Å². The average molecular weight is 409 g/mol. The van der Waals surface area contributed by atoms with Gasteiger partial charge in [-0.15, -0.1) is 0 Å². The van der Waals surface area contributed by atoms with Crippen molar-refractivity contribution in [2.75, 3.05) is 39.3 Å². The minimum Gasteiger partial charge on any atom is -0.343 e. The molecule has 2 atom stereocenters. The SMILES string of the molecule is CC1CCCN1C(=O)C(NC(=O)C(C)(C)C(C)(C)CN1CCNCC1)C(C)(C)C. The molecule has 2 unspecified atom stereocenters. The van der Waals surface area contributed by atoms with Crippen LogP contribution in [0.25, 0.3) is 0 Å². The molecule has 29 heavy (non-hydrogen) atoms. The lowest BCUT2D eigenvalue weighted by Gasteiger charge is -2.45. The Morgan fingerprint density at radius 2 is 1.62 bits per heavy atom. The summed E-state index contributed by atoms with van der Waals surface area (Å²) in [5.41, 5.74) is -1.16. The Morgan fingerprint density at radius 1 is 1.03 bits per heavy atom. The lowest BCUT2D eigenvalue weighted by molar-refractivity contribution is -0.145. The van der Waals surface area contributed by atoms with Gasteiger partial charge in [0.2, 0.25) is 11.8 Å². The molecule has 2 fully saturated rings. The molecule has 2 rings (SSSR count). The van der Waals surface area contributed by atoms with Crippen molar-refractivity contribution in [3.05, 3.63) is 0 Å². The maximum atomic E-state index is 13.5. The molecular formula is C23H44N4O2. The molecule has 168 valence electrons. The van der Waals surface area contributed by atoms with Crippen LogP contribution in [-0.4, -0.2) is 73.0 Å². The van der Waals surface area contributed by atoms with Gasteiger partial charge in [-0.3, -0.25) is 9.59 Å². The van der Waals surface area contributed by atoms with Gasteiger partial charge in [-0.1, -0.05) is 48.5 Å². The molecule has 0 aliphatic carbocycles. The Morgan fingerprint density at radius 3 is 2.10 bits per heavy atom. The zero-order valence-electron chi connectivity index (χ0n) is 20.0. The molecule has 0 radical (unpaired) electrons. The van der Waals surface area contributed by atoms with Crippen LogP contribution in [-0.2, 0) is 9.59 Å². The lowest BCUT2D eigenvalue weighted by atomic mass is 9.66. The third-order valence-electron chi connectivity index (χ3n) is 7.31. The Labute approximate surface area is 178 Å². The fourth-order valence-corrected chi connectivity index (χ4v) is 4.32. The summed E-state index contributed by atoms with van der Waals surface area (Å²) < 4.78 is 0. The van der Waals surface area contributed by atoms with Crippen LogP contribution in [0.4, 0.5) is 0 Å². The molecule has 6 nitrogen and oxygen atoms in total. The van der Waals surface area contributed by atoms with Crippen LogP contribution in [0.3, 0.4) is 0 Å². The number of rotatable bonds is 6. The summed E-state index contributed by atoms with van der Waals surface area (Å²) in [6.07, 6.45) is 2.08. The van der Waals surface area contributed by atoms with Crippen molar-refractivity contribution in [1.82, 2.24) is 20.4 Å². The van der Waals surface area contributed by atoms with Gasteiger partial charge >= 0.3 is 0 Å². The van der Waals surface area contributed by atoms with E-state index < -0.39 is 11.5 Å². The van der Waals surface area contributed by atoms with Gasteiger partial charge in [0.05, 0.1) is 0 Å². The molecule has 2 amide bonds. The fraction of sp³-hybridized carbons (Fsp3) is 0.913. The highest BCUT2D eigenvalue weighted by molar-refractivity contribution is 5.91. The first kappa shape index (κ1) is 24.1. The molecule has 0 saturated carbocycles. The largest absolute Gasteiger partial charge is 0.343 e. The van der Waals surface area contributed by atoms with Gasteiger partial charge < -0.3 is 20.4 Å². The standard InChI is InChI=1S/C23H44N4O2/c1-17-10-9-13-27(17)19(28)18(21(2,3)4)25-20(29)23(7,8)22(5,6)16-26-14-11-24-12-15-26/h17-18,24H,9-16H2,1-8H3,(H,25,29). The van der Waals surface area contributed by atoms with E-state index in [1.54, 1.807) is 0 Å². The minimum atomic E-state index is -0.599. The second kappa shape index (κ2) is 8.93. The van der Waals surface area contributed by atoms with Gasteiger partial charge in [0.1, 0.15) is 6.04 Å². The molecule has 0 spiro atoms. The van der Waals surface area contributed by atoms with Crippen molar-refractivity contribution in [2.24, 2.45) is 16.2 Å². The first-order chi connectivity index (χ1) is 13.3. The van der Waals surface area contributed by atoms with Crippen LogP contribution < -0.4 is 10.6 Å². The summed E-state index contributed by atoms with van der Waals surface area (Å²) in [4.78, 5) is 31.2. The molecule has 0 aromatic carbocycles. The van der Waals surface area contributed by atoms with Crippen molar-refractivity contribution >= 4 is 11.8 Å². The Kier molecular flexibility index (Phi) is 7.43. The molecule has 2 aliphatic rings. The number of amides is 2. The quantitative estimate of drug-likeness (QED) is 0.709. The Bertz CT molecular complexity index is 588. The summed E-state index contributed by atoms with van der Waals surface area (Å²) in [5.74, 6) is 0.0318. The van der Waals surface area contributed by atoms with E-state index in [1.165, 1.54) is 0 Å². The topological polar surface area (TPSA) is 64.7 Å². The van der Waals surface area contributed by atoms with Crippen molar-refractivity contribution in [2.45, 2.75) is 80.3 Å². The van der Waals surface area contributed by atoms with Crippen LogP contribution in [0, 0.1) is 16.2 Å². The predicted molar refractivity (Wildman–Crippen MR) is 119 cm³/mol. The number of nitrogens with one attached hydrogen (secondary N) is 2. The van der Waals surface area contributed by atoms with Crippen LogP contribution in [0.5, 0.6) is 0 Å². The van der Waals surface area contributed by atoms with E-state index >= 15 is 0 Å². The first-order valence-corrected chi connectivity index (χ1v) is 11.3. The lowest BCUT2D eigenvalue weighted by Crippen LogP contribution is -2.60. The molecule has 2 aliphatic heterocycles. The zero-order valence-corrected chi connectivity index (χ0v) is 20.0. The van der Waals surface area contributed by atoms with Crippen LogP contribution in [0.15, 0.2) is 0 Å². The number of likely N-dealkylation sites (tertiary alicyclic amines) is 1. The van der Waals surface area contributed by atoms with Crippen molar-refractivity contribution in [1.29, 1.82) is 0 Å². The molecule has 2 heterocycles. The van der Waals surface area contributed by atoms with Crippen molar-refractivity contribution in [3.63, 3.8) is 0 Å². The van der Waals surface area contributed by atoms with Crippen molar-refractivity contribution in [3.8, 4) is 0 Å². The van der Waals surface area contributed by atoms with Gasteiger partial charge in [0.25, 0.3) is 0 Å². The van der Waals surface area contributed by atoms with E-state index in [-0.39, 0.29) is 28.7 Å². The molecule has 2 saturated heterocycles. The minimum absolute atomic E-state index is 0.0299. The molecule has 0 aromatic rings. The summed E-state index contributed by atoms with van der Waals surface area (Å²) in [6.45, 7) is 22.3. The third-order valence-corrected chi connectivity index (χ3v) is 7.31. The number of piperazine rings is 1. The number of carbonyl (C=O) groups excluding carboxylic acids is 2. The number of hydrogen-bond acceptors (Lipinski definition) is 4. The second-order valence-corrected chi connectivity index (χ2v) is 11.3. The third kappa shape index (κ3) is 5.52. The van der Waals surface area contributed by atoms with Gasteiger partial charge in [0, 0.05) is 50.7 Å². The van der Waals surface area contributed by atoms with Gasteiger partial charge in [-0.05, 0) is 30.6 Å². The molecule has 0 aromatic heterocycles. The fourth-order valence-electron chi connectivity index (χ4n) is 4.32. The first-order valence-electron chi connectivity index (χ1n) is 11.3. The van der Waals surface area contributed by atoms with Crippen molar-refractivity contribution < 1.29 is 9.59 Å². The highest BCUT2D eigenvalue weighted by Gasteiger charge is 2.47. The van der Waals surface area contributed by atoms with Crippen LogP contribution in [0.2, 0.25) is 0 Å². The normalized spacial score (nSPS) is 23.2. The number of carbonyl (C=O) groups is 2. The second-order valence-electron chi connectivity index (χ2n) is 11.3. The summed E-state index contributed by atoms with van der Waals surface area (Å²) in [5, 5.41) is 6.56. The molecular weight excluding hydrogens is 364 g/mol.